The van der Waals surface area contributed by atoms with Crippen molar-refractivity contribution in [3.63, 3.8) is 0 Å². The predicted molar refractivity (Wildman–Crippen MR) is 152 cm³/mol. The summed E-state index contributed by atoms with van der Waals surface area (Å²) in [5.74, 6) is 1.17. The van der Waals surface area contributed by atoms with Crippen molar-refractivity contribution in [2.24, 2.45) is 4.99 Å². The summed E-state index contributed by atoms with van der Waals surface area (Å²) in [6, 6.07) is 13.0. The first-order valence-electron chi connectivity index (χ1n) is 13.0. The molecule has 0 spiro atoms. The summed E-state index contributed by atoms with van der Waals surface area (Å²) in [4.78, 5) is 47.1. The Morgan fingerprint density at radius 2 is 1.35 bits per heavy atom. The summed E-state index contributed by atoms with van der Waals surface area (Å²) >= 11 is 0. The Morgan fingerprint density at radius 3 is 1.93 bits per heavy atom. The molecule has 1 aliphatic heterocycles. The lowest BCUT2D eigenvalue weighted by Crippen LogP contribution is -2.23. The number of ether oxygens (including phenoxy) is 5. The lowest BCUT2D eigenvalue weighted by molar-refractivity contribution is 0.135. The molecule has 0 radical (unpaired) electrons. The molecule has 3 N–H and O–H groups in total. The van der Waals surface area contributed by atoms with Crippen LogP contribution < -0.4 is 18.9 Å². The number of carbonyl (C=O) groups excluding carboxylic acids is 1. The largest absolute Gasteiger partial charge is 0.523 e. The summed E-state index contributed by atoms with van der Waals surface area (Å²) < 4.78 is 26.8. The second-order valence-electron chi connectivity index (χ2n) is 9.52. The van der Waals surface area contributed by atoms with Crippen molar-refractivity contribution in [2.45, 2.75) is 12.8 Å². The van der Waals surface area contributed by atoms with Gasteiger partial charge in [0.15, 0.2) is 0 Å². The van der Waals surface area contributed by atoms with E-state index in [0.29, 0.717) is 62.8 Å². The lowest BCUT2D eigenvalue weighted by Gasteiger charge is -2.21. The summed E-state index contributed by atoms with van der Waals surface area (Å²) in [5, 5.41) is 23.2. The molecule has 13 nitrogen and oxygen atoms in total. The molecule has 214 valence electrons. The zero-order valence-corrected chi connectivity index (χ0v) is 21.9. The van der Waals surface area contributed by atoms with Gasteiger partial charge in [-0.05, 0) is 76.5 Å². The first-order chi connectivity index (χ1) is 20.9. The number of aliphatic imine (C=N–C) groups is 1. The van der Waals surface area contributed by atoms with Gasteiger partial charge in [0.25, 0.3) is 0 Å². The monoisotopic (exact) mass is 581 g/mol. The summed E-state index contributed by atoms with van der Waals surface area (Å²) in [5.41, 5.74) is 0. The third kappa shape index (κ3) is 4.48. The number of nitrogens with zero attached hydrogens (tertiary/aromatic N) is 2. The van der Waals surface area contributed by atoms with Crippen LogP contribution in [0.3, 0.4) is 0 Å². The number of hydrogen-bond donors (Lipinski definition) is 3. The van der Waals surface area contributed by atoms with Crippen LogP contribution in [0.25, 0.3) is 43.1 Å². The van der Waals surface area contributed by atoms with Gasteiger partial charge in [0.05, 0.1) is 10.8 Å². The van der Waals surface area contributed by atoms with Crippen molar-refractivity contribution in [3.8, 4) is 23.0 Å². The van der Waals surface area contributed by atoms with Gasteiger partial charge in [0, 0.05) is 36.1 Å². The third-order valence-corrected chi connectivity index (χ3v) is 7.07. The molecule has 13 heteroatoms. The Kier molecular flexibility index (Phi) is 6.05. The number of H-pyrrole nitrogens is 1. The van der Waals surface area contributed by atoms with Crippen molar-refractivity contribution >= 4 is 67.6 Å². The van der Waals surface area contributed by atoms with Gasteiger partial charge in [0.1, 0.15) is 28.8 Å². The fourth-order valence-electron chi connectivity index (χ4n) is 5.51. The van der Waals surface area contributed by atoms with Crippen molar-refractivity contribution in [3.05, 3.63) is 66.7 Å². The zero-order chi connectivity index (χ0) is 29.7. The first-order valence-corrected chi connectivity index (χ1v) is 13.0. The van der Waals surface area contributed by atoms with E-state index in [-0.39, 0.29) is 28.7 Å². The number of imidazole rings is 1. The average molecular weight is 581 g/mol. The topological polar surface area (TPSA) is 179 Å². The molecule has 0 aliphatic carbocycles. The van der Waals surface area contributed by atoms with Crippen LogP contribution in [0.4, 0.5) is 14.4 Å². The van der Waals surface area contributed by atoms with E-state index in [9.17, 15) is 24.6 Å². The highest BCUT2D eigenvalue weighted by Crippen LogP contribution is 2.49. The fourth-order valence-corrected chi connectivity index (χ4v) is 5.51. The van der Waals surface area contributed by atoms with Crippen molar-refractivity contribution in [1.82, 2.24) is 9.97 Å². The molecule has 43 heavy (non-hydrogen) atoms. The average Bonchev–Trinajstić information content (AvgIpc) is 3.48. The molecule has 0 amide bonds. The minimum absolute atomic E-state index is 0.0889. The van der Waals surface area contributed by atoms with Crippen LogP contribution in [0.5, 0.6) is 23.0 Å². The Balaban J connectivity index is 1.41. The van der Waals surface area contributed by atoms with E-state index < -0.39 is 18.5 Å². The fraction of sp³-hybridized carbons (Fsp3) is 0.100. The molecule has 2 heterocycles. The van der Waals surface area contributed by atoms with E-state index in [2.05, 4.69) is 15.0 Å². The summed E-state index contributed by atoms with van der Waals surface area (Å²) in [6.07, 6.45) is 0.252. The molecule has 0 atom stereocenters. The lowest BCUT2D eigenvalue weighted by atomic mass is 9.88. The zero-order valence-electron chi connectivity index (χ0n) is 21.9. The number of hydrogen-bond acceptors (Lipinski definition) is 10. The van der Waals surface area contributed by atoms with Crippen LogP contribution in [0.1, 0.15) is 12.2 Å². The van der Waals surface area contributed by atoms with Crippen molar-refractivity contribution in [1.29, 1.82) is 0 Å². The highest BCUT2D eigenvalue weighted by Gasteiger charge is 2.27. The molecule has 0 fully saturated rings. The molecule has 7 rings (SSSR count). The van der Waals surface area contributed by atoms with E-state index in [1.165, 1.54) is 12.1 Å². The highest BCUT2D eigenvalue weighted by molar-refractivity contribution is 6.35. The smallest absolute Gasteiger partial charge is 0.449 e. The minimum Gasteiger partial charge on any atom is -0.449 e. The van der Waals surface area contributed by atoms with Gasteiger partial charge in [-0.1, -0.05) is 0 Å². The van der Waals surface area contributed by atoms with Gasteiger partial charge in [-0.3, -0.25) is 0 Å². The number of rotatable bonds is 6. The van der Waals surface area contributed by atoms with Gasteiger partial charge in [-0.2, -0.15) is 0 Å². The molecule has 1 aromatic heterocycles. The van der Waals surface area contributed by atoms with Crippen LogP contribution in [0, 0.1) is 0 Å². The quantitative estimate of drug-likeness (QED) is 0.0645. The van der Waals surface area contributed by atoms with Crippen LogP contribution in [-0.2, 0) is 11.2 Å². The van der Waals surface area contributed by atoms with Crippen LogP contribution in [0.15, 0.2) is 65.9 Å². The van der Waals surface area contributed by atoms with Crippen LogP contribution >= 0.6 is 0 Å². The number of aromatic amines is 1. The van der Waals surface area contributed by atoms with Gasteiger partial charge in [-0.15, -0.1) is 0 Å². The van der Waals surface area contributed by atoms with Gasteiger partial charge >= 0.3 is 24.5 Å². The molecule has 6 aromatic rings. The van der Waals surface area contributed by atoms with Crippen LogP contribution in [0.2, 0.25) is 0 Å². The highest BCUT2D eigenvalue weighted by atomic mass is 16.8. The van der Waals surface area contributed by atoms with Gasteiger partial charge in [-0.25, -0.2) is 24.4 Å². The third-order valence-electron chi connectivity index (χ3n) is 7.07. The van der Waals surface area contributed by atoms with Crippen molar-refractivity contribution < 1.29 is 48.3 Å². The van der Waals surface area contributed by atoms with E-state index in [1.807, 2.05) is 0 Å². The number of carboxylic acid groups (broad SMARTS) is 2. The summed E-state index contributed by atoms with van der Waals surface area (Å²) in [7, 11) is 0. The molecular weight excluding hydrogens is 562 g/mol. The minimum atomic E-state index is -1.57. The number of aryl methyl sites for hydroxylation is 1. The van der Waals surface area contributed by atoms with E-state index in [0.717, 1.165) is 5.82 Å². The summed E-state index contributed by atoms with van der Waals surface area (Å²) in [6.45, 7) is 0.300. The molecule has 1 aliphatic rings. The molecule has 0 saturated carbocycles. The Hall–Kier alpha value is -6.11. The molecule has 0 unspecified atom stereocenters. The maximum Gasteiger partial charge on any atom is 0.523 e. The van der Waals surface area contributed by atoms with Crippen molar-refractivity contribution in [2.75, 3.05) is 6.54 Å². The Labute approximate surface area is 240 Å². The maximum absolute atomic E-state index is 12.6. The Bertz CT molecular complexity index is 2050. The molecule has 0 saturated heterocycles. The number of benzene rings is 5. The second-order valence-corrected chi connectivity index (χ2v) is 9.52. The molecule has 0 bridgehead atoms. The number of cyclic esters (lactones) is 1. The van der Waals surface area contributed by atoms with Gasteiger partial charge in [0.2, 0.25) is 0 Å². The number of aromatic nitrogens is 2. The number of fused-ring (bicyclic) bond motifs is 2. The first kappa shape index (κ1) is 25.8. The normalized spacial score (nSPS) is 14.0. The van der Waals surface area contributed by atoms with E-state index >= 15 is 0 Å². The van der Waals surface area contributed by atoms with Gasteiger partial charge < -0.3 is 38.9 Å². The SMILES string of the molecule is O=C(O)Oc1ccc2c3ccc4c5c(ccc(c6ccc(OC(=O)O)c1c26)c53)OC(=NCCCc1ncc[nH]1)OC(=O)O4. The second kappa shape index (κ2) is 10.1. The Morgan fingerprint density at radius 1 is 0.767 bits per heavy atom. The maximum atomic E-state index is 12.6. The number of carbonyl (C=O) groups is 3. The molecular formula is C30H19N3O10. The van der Waals surface area contributed by atoms with E-state index in [4.69, 9.17) is 23.7 Å². The van der Waals surface area contributed by atoms with Crippen LogP contribution in [-0.4, -0.2) is 51.3 Å². The standard InChI is InChI=1S/C30H19N3O10/c34-28(35)40-19-8-4-15-14-3-7-18-25-21(42-30(38)43-27(39-18)33-11-1-2-22-31-12-13-32-22)10-6-17(23(14)25)16-5-9-20(41-29(36)37)26(19)24(15)16/h3-10,12-13H,1-2,11H2,(H,31,32)(H,34,35)(H,36,37). The molecule has 5 aromatic carbocycles. The predicted octanol–water partition coefficient (Wildman–Crippen LogP) is 6.47. The van der Waals surface area contributed by atoms with E-state index in [1.54, 1.807) is 48.8 Å². The number of nitrogens with one attached hydrogen (secondary N) is 1.